The molecule has 0 spiro atoms. The number of hydrogen-bond donors (Lipinski definition) is 1. The van der Waals surface area contributed by atoms with Gasteiger partial charge in [0.2, 0.25) is 0 Å². The van der Waals surface area contributed by atoms with Crippen LogP contribution in [0.1, 0.15) is 23.6 Å². The predicted molar refractivity (Wildman–Crippen MR) is 74.3 cm³/mol. The molecule has 2 rings (SSSR count). The highest BCUT2D eigenvalue weighted by molar-refractivity contribution is 6.31. The summed E-state index contributed by atoms with van der Waals surface area (Å²) in [6, 6.07) is 1.80. The normalized spacial score (nSPS) is 18.9. The highest BCUT2D eigenvalue weighted by atomic mass is 35.5. The van der Waals surface area contributed by atoms with Crippen LogP contribution in [0.5, 0.6) is 0 Å². The highest BCUT2D eigenvalue weighted by Crippen LogP contribution is 2.39. The van der Waals surface area contributed by atoms with Crippen molar-refractivity contribution in [2.24, 2.45) is 0 Å². The lowest BCUT2D eigenvalue weighted by Crippen LogP contribution is -2.46. The van der Waals surface area contributed by atoms with Crippen LogP contribution >= 0.6 is 11.6 Å². The van der Waals surface area contributed by atoms with E-state index in [-0.39, 0.29) is 5.56 Å². The van der Waals surface area contributed by atoms with Gasteiger partial charge >= 0.3 is 12.4 Å². The minimum Gasteiger partial charge on any atom is -0.314 e. The maximum absolute atomic E-state index is 12.9. The second-order valence-electron chi connectivity index (χ2n) is 5.36. The average molecular weight is 361 g/mol. The number of hydrogen-bond acceptors (Lipinski definition) is 2. The van der Waals surface area contributed by atoms with Gasteiger partial charge < -0.3 is 5.32 Å². The van der Waals surface area contributed by atoms with Crippen LogP contribution < -0.4 is 5.32 Å². The Hall–Kier alpha value is -0.990. The number of nitrogens with one attached hydrogen (secondary N) is 1. The zero-order chi connectivity index (χ0) is 17.3. The van der Waals surface area contributed by atoms with Gasteiger partial charge in [0.15, 0.2) is 0 Å². The molecule has 0 aromatic heterocycles. The Morgan fingerprint density at radius 2 is 1.70 bits per heavy atom. The lowest BCUT2D eigenvalue weighted by Gasteiger charge is -2.36. The van der Waals surface area contributed by atoms with E-state index in [0.717, 1.165) is 12.1 Å². The van der Waals surface area contributed by atoms with Crippen LogP contribution in [-0.2, 0) is 6.18 Å². The molecule has 1 saturated heterocycles. The number of nitrogens with zero attached hydrogens (tertiary/aromatic N) is 1. The Morgan fingerprint density at radius 3 is 2.22 bits per heavy atom. The van der Waals surface area contributed by atoms with Crippen molar-refractivity contribution in [3.8, 4) is 0 Å². The first-order valence-corrected chi connectivity index (χ1v) is 7.34. The van der Waals surface area contributed by atoms with Gasteiger partial charge in [-0.1, -0.05) is 17.7 Å². The SMILES string of the molecule is FC(F)(F)C[C@@H](c1ccc(Cl)c(C(F)(F)F)c1)N1CCNCC1. The standard InChI is InChI=1S/C14H15ClF6N2/c15-11-2-1-9(7-10(11)14(19,20)21)12(8-13(16,17)18)23-5-3-22-4-6-23/h1-2,7,12,22H,3-6,8H2/t12-/m0/s1. The van der Waals surface area contributed by atoms with E-state index in [9.17, 15) is 26.3 Å². The van der Waals surface area contributed by atoms with E-state index in [0.29, 0.717) is 26.2 Å². The fourth-order valence-electron chi connectivity index (χ4n) is 2.64. The summed E-state index contributed by atoms with van der Waals surface area (Å²) in [7, 11) is 0. The summed E-state index contributed by atoms with van der Waals surface area (Å²) in [5.74, 6) is 0. The van der Waals surface area contributed by atoms with E-state index < -0.39 is 35.4 Å². The molecule has 1 aromatic carbocycles. The lowest BCUT2D eigenvalue weighted by atomic mass is 9.98. The van der Waals surface area contributed by atoms with Gasteiger partial charge in [-0.25, -0.2) is 0 Å². The van der Waals surface area contributed by atoms with Crippen LogP contribution in [0.25, 0.3) is 0 Å². The quantitative estimate of drug-likeness (QED) is 0.810. The second-order valence-corrected chi connectivity index (χ2v) is 5.77. The third kappa shape index (κ3) is 4.99. The average Bonchev–Trinajstić information content (AvgIpc) is 2.44. The van der Waals surface area contributed by atoms with Crippen molar-refractivity contribution in [1.29, 1.82) is 0 Å². The first-order chi connectivity index (χ1) is 10.6. The van der Waals surface area contributed by atoms with E-state index in [1.807, 2.05) is 0 Å². The van der Waals surface area contributed by atoms with Crippen LogP contribution in [0.4, 0.5) is 26.3 Å². The molecule has 2 nitrogen and oxygen atoms in total. The Morgan fingerprint density at radius 1 is 1.09 bits per heavy atom. The first-order valence-electron chi connectivity index (χ1n) is 6.96. The number of alkyl halides is 6. The van der Waals surface area contributed by atoms with Crippen molar-refractivity contribution in [3.63, 3.8) is 0 Å². The van der Waals surface area contributed by atoms with Gasteiger partial charge in [0.25, 0.3) is 0 Å². The van der Waals surface area contributed by atoms with Crippen LogP contribution in [0.2, 0.25) is 5.02 Å². The van der Waals surface area contributed by atoms with Crippen molar-refractivity contribution in [2.45, 2.75) is 24.8 Å². The molecule has 0 saturated carbocycles. The number of halogens is 7. The van der Waals surface area contributed by atoms with Crippen LogP contribution in [0.3, 0.4) is 0 Å². The molecular formula is C14H15ClF6N2. The van der Waals surface area contributed by atoms with Gasteiger partial charge in [-0.05, 0) is 17.7 Å². The molecule has 0 radical (unpaired) electrons. The summed E-state index contributed by atoms with van der Waals surface area (Å²) in [6.07, 6.45) is -10.4. The maximum atomic E-state index is 12.9. The minimum atomic E-state index is -4.71. The van der Waals surface area contributed by atoms with Crippen molar-refractivity contribution in [2.75, 3.05) is 26.2 Å². The molecule has 1 fully saturated rings. The van der Waals surface area contributed by atoms with E-state index in [1.165, 1.54) is 6.07 Å². The molecule has 1 atom stereocenters. The number of benzene rings is 1. The fourth-order valence-corrected chi connectivity index (χ4v) is 2.86. The molecule has 0 bridgehead atoms. The van der Waals surface area contributed by atoms with Gasteiger partial charge in [-0.2, -0.15) is 26.3 Å². The monoisotopic (exact) mass is 360 g/mol. The molecule has 9 heteroatoms. The summed E-state index contributed by atoms with van der Waals surface area (Å²) in [5.41, 5.74) is -1.14. The van der Waals surface area contributed by atoms with E-state index >= 15 is 0 Å². The molecule has 0 amide bonds. The summed E-state index contributed by atoms with van der Waals surface area (Å²) in [4.78, 5) is 1.55. The smallest absolute Gasteiger partial charge is 0.314 e. The molecule has 1 aliphatic rings. The molecule has 1 N–H and O–H groups in total. The molecule has 1 aromatic rings. The van der Waals surface area contributed by atoms with Crippen molar-refractivity contribution in [3.05, 3.63) is 34.3 Å². The van der Waals surface area contributed by atoms with E-state index in [4.69, 9.17) is 11.6 Å². The predicted octanol–water partition coefficient (Wildman–Crippen LogP) is 4.26. The van der Waals surface area contributed by atoms with Crippen LogP contribution in [-0.4, -0.2) is 37.3 Å². The van der Waals surface area contributed by atoms with Crippen molar-refractivity contribution < 1.29 is 26.3 Å². The largest absolute Gasteiger partial charge is 0.417 e. The molecule has 130 valence electrons. The third-order valence-corrected chi connectivity index (χ3v) is 4.03. The zero-order valence-electron chi connectivity index (χ0n) is 11.9. The van der Waals surface area contributed by atoms with E-state index in [1.54, 1.807) is 4.90 Å². The van der Waals surface area contributed by atoms with Gasteiger partial charge in [-0.15, -0.1) is 0 Å². The third-order valence-electron chi connectivity index (χ3n) is 3.70. The number of rotatable bonds is 3. The summed E-state index contributed by atoms with van der Waals surface area (Å²) >= 11 is 5.54. The molecule has 0 unspecified atom stereocenters. The van der Waals surface area contributed by atoms with Gasteiger partial charge in [0.05, 0.1) is 17.0 Å². The maximum Gasteiger partial charge on any atom is 0.417 e. The number of piperazine rings is 1. The highest BCUT2D eigenvalue weighted by Gasteiger charge is 2.38. The minimum absolute atomic E-state index is 0.0269. The van der Waals surface area contributed by atoms with E-state index in [2.05, 4.69) is 5.32 Å². The fraction of sp³-hybridized carbons (Fsp3) is 0.571. The first kappa shape index (κ1) is 18.4. The summed E-state index contributed by atoms with van der Waals surface area (Å²) in [6.45, 7) is 1.66. The van der Waals surface area contributed by atoms with Gasteiger partial charge in [-0.3, -0.25) is 4.90 Å². The van der Waals surface area contributed by atoms with Crippen molar-refractivity contribution in [1.82, 2.24) is 10.2 Å². The Labute approximate surface area is 134 Å². The molecular weight excluding hydrogens is 346 g/mol. The molecule has 1 aliphatic heterocycles. The van der Waals surface area contributed by atoms with Crippen LogP contribution in [0.15, 0.2) is 18.2 Å². The topological polar surface area (TPSA) is 15.3 Å². The van der Waals surface area contributed by atoms with Crippen LogP contribution in [0, 0.1) is 0 Å². The summed E-state index contributed by atoms with van der Waals surface area (Å²) in [5, 5.41) is 2.48. The van der Waals surface area contributed by atoms with Gasteiger partial charge in [0, 0.05) is 32.2 Å². The Kier molecular flexibility index (Phi) is 5.48. The summed E-state index contributed by atoms with van der Waals surface area (Å²) < 4.78 is 77.4. The zero-order valence-corrected chi connectivity index (χ0v) is 12.7. The Bertz CT molecular complexity index is 537. The van der Waals surface area contributed by atoms with Crippen molar-refractivity contribution >= 4 is 11.6 Å². The van der Waals surface area contributed by atoms with Gasteiger partial charge in [0.1, 0.15) is 0 Å². The Balaban J connectivity index is 2.38. The molecule has 23 heavy (non-hydrogen) atoms. The second kappa shape index (κ2) is 6.86. The molecule has 0 aliphatic carbocycles. The molecule has 1 heterocycles. The lowest BCUT2D eigenvalue weighted by molar-refractivity contribution is -0.148.